The highest BCUT2D eigenvalue weighted by Crippen LogP contribution is 2.34. The number of carbonyl (C=O) groups excluding carboxylic acids is 1. The van der Waals surface area contributed by atoms with Crippen LogP contribution in [0.4, 0.5) is 10.9 Å². The van der Waals surface area contributed by atoms with Gasteiger partial charge in [-0.25, -0.2) is 4.98 Å². The lowest BCUT2D eigenvalue weighted by atomic mass is 10.1. The zero-order valence-electron chi connectivity index (χ0n) is 18.0. The standard InChI is InChI=1S/C21H30N6OS/c1-7-14(2)22-16(28)13-26(6)20-25-27-18(24-21(3,4)5)17(23-19(27)29-20)15-11-9-8-10-12-15/h8-12,14,24H,7,13H2,1-6H3,(H,22,28). The Bertz CT molecular complexity index is 972. The highest BCUT2D eigenvalue weighted by molar-refractivity contribution is 7.20. The molecule has 2 aromatic heterocycles. The van der Waals surface area contributed by atoms with E-state index >= 15 is 0 Å². The second kappa shape index (κ2) is 8.41. The van der Waals surface area contributed by atoms with Crippen molar-refractivity contribution in [2.24, 2.45) is 0 Å². The van der Waals surface area contributed by atoms with E-state index in [0.717, 1.165) is 33.6 Å². The number of nitrogens with one attached hydrogen (secondary N) is 2. The van der Waals surface area contributed by atoms with Gasteiger partial charge in [0.15, 0.2) is 5.82 Å². The highest BCUT2D eigenvalue weighted by atomic mass is 32.1. The molecule has 0 aliphatic heterocycles. The molecule has 1 atom stereocenters. The highest BCUT2D eigenvalue weighted by Gasteiger charge is 2.23. The molecule has 0 aliphatic carbocycles. The maximum Gasteiger partial charge on any atom is 0.239 e. The Morgan fingerprint density at radius 3 is 2.59 bits per heavy atom. The van der Waals surface area contributed by atoms with Gasteiger partial charge in [0.05, 0.1) is 6.54 Å². The van der Waals surface area contributed by atoms with E-state index < -0.39 is 0 Å². The molecule has 3 aromatic rings. The van der Waals surface area contributed by atoms with Crippen LogP contribution in [0.1, 0.15) is 41.0 Å². The van der Waals surface area contributed by atoms with Crippen molar-refractivity contribution in [3.63, 3.8) is 0 Å². The summed E-state index contributed by atoms with van der Waals surface area (Å²) in [5, 5.41) is 12.0. The fraction of sp³-hybridized carbons (Fsp3) is 0.476. The number of carbonyl (C=O) groups is 1. The van der Waals surface area contributed by atoms with Gasteiger partial charge in [0.2, 0.25) is 16.0 Å². The molecule has 7 nitrogen and oxygen atoms in total. The summed E-state index contributed by atoms with van der Waals surface area (Å²) in [6.07, 6.45) is 0.907. The smallest absolute Gasteiger partial charge is 0.239 e. The Kier molecular flexibility index (Phi) is 6.12. The monoisotopic (exact) mass is 414 g/mol. The van der Waals surface area contributed by atoms with E-state index in [1.165, 1.54) is 11.3 Å². The first-order chi connectivity index (χ1) is 13.7. The van der Waals surface area contributed by atoms with E-state index in [4.69, 9.17) is 10.1 Å². The molecule has 156 valence electrons. The Labute approximate surface area is 176 Å². The predicted octanol–water partition coefficient (Wildman–Crippen LogP) is 4.02. The third kappa shape index (κ3) is 5.06. The number of likely N-dealkylation sites (N-methyl/N-ethyl adjacent to an activating group) is 1. The van der Waals surface area contributed by atoms with Crippen LogP contribution in [0.5, 0.6) is 0 Å². The molecule has 0 aliphatic rings. The molecule has 0 bridgehead atoms. The molecule has 1 amide bonds. The van der Waals surface area contributed by atoms with Crippen LogP contribution in [0.25, 0.3) is 16.2 Å². The number of benzene rings is 1. The van der Waals surface area contributed by atoms with Gasteiger partial charge in [0, 0.05) is 24.2 Å². The average Bonchev–Trinajstić information content (AvgIpc) is 3.20. The molecule has 0 fully saturated rings. The molecule has 0 radical (unpaired) electrons. The van der Waals surface area contributed by atoms with Gasteiger partial charge in [-0.15, -0.1) is 5.10 Å². The summed E-state index contributed by atoms with van der Waals surface area (Å²) in [5.74, 6) is 0.853. The number of aromatic nitrogens is 3. The summed E-state index contributed by atoms with van der Waals surface area (Å²) in [6, 6.07) is 10.3. The maximum atomic E-state index is 12.2. The number of anilines is 2. The van der Waals surface area contributed by atoms with Gasteiger partial charge in [-0.2, -0.15) is 4.52 Å². The van der Waals surface area contributed by atoms with Crippen molar-refractivity contribution in [3.05, 3.63) is 30.3 Å². The van der Waals surface area contributed by atoms with Crippen molar-refractivity contribution >= 4 is 33.2 Å². The van der Waals surface area contributed by atoms with Crippen LogP contribution in [0.2, 0.25) is 0 Å². The molecule has 1 aromatic carbocycles. The summed E-state index contributed by atoms with van der Waals surface area (Å²) < 4.78 is 1.84. The fourth-order valence-corrected chi connectivity index (χ4v) is 3.72. The topological polar surface area (TPSA) is 74.6 Å². The van der Waals surface area contributed by atoms with Crippen LogP contribution >= 0.6 is 11.3 Å². The van der Waals surface area contributed by atoms with Crippen molar-refractivity contribution in [3.8, 4) is 11.3 Å². The molecule has 0 saturated heterocycles. The summed E-state index contributed by atoms with van der Waals surface area (Å²) in [5.41, 5.74) is 1.77. The van der Waals surface area contributed by atoms with E-state index in [1.807, 2.05) is 53.7 Å². The second-order valence-corrected chi connectivity index (χ2v) is 9.30. The predicted molar refractivity (Wildman–Crippen MR) is 121 cm³/mol. The number of rotatable bonds is 7. The minimum Gasteiger partial charge on any atom is -0.364 e. The number of hydrogen-bond donors (Lipinski definition) is 2. The van der Waals surface area contributed by atoms with E-state index in [2.05, 4.69) is 38.3 Å². The molecule has 1 unspecified atom stereocenters. The van der Waals surface area contributed by atoms with Gasteiger partial charge >= 0.3 is 0 Å². The number of hydrogen-bond acceptors (Lipinski definition) is 6. The van der Waals surface area contributed by atoms with E-state index in [0.29, 0.717) is 0 Å². The molecule has 3 rings (SSSR count). The van der Waals surface area contributed by atoms with E-state index in [-0.39, 0.29) is 24.0 Å². The molecule has 2 heterocycles. The summed E-state index contributed by atoms with van der Waals surface area (Å²) in [7, 11) is 1.88. The van der Waals surface area contributed by atoms with Crippen LogP contribution in [-0.4, -0.2) is 45.7 Å². The third-order valence-electron chi connectivity index (χ3n) is 4.46. The van der Waals surface area contributed by atoms with Crippen molar-refractivity contribution < 1.29 is 4.79 Å². The number of nitrogens with zero attached hydrogens (tertiary/aromatic N) is 4. The lowest BCUT2D eigenvalue weighted by Gasteiger charge is -2.22. The van der Waals surface area contributed by atoms with Crippen LogP contribution in [0.15, 0.2) is 30.3 Å². The molecule has 8 heteroatoms. The molecule has 2 N–H and O–H groups in total. The van der Waals surface area contributed by atoms with Crippen LogP contribution in [0, 0.1) is 0 Å². The van der Waals surface area contributed by atoms with Crippen molar-refractivity contribution in [1.82, 2.24) is 19.9 Å². The van der Waals surface area contributed by atoms with Gasteiger partial charge in [-0.1, -0.05) is 48.6 Å². The summed E-state index contributed by atoms with van der Waals surface area (Å²) in [6.45, 7) is 10.7. The minimum absolute atomic E-state index is 0.00675. The zero-order valence-corrected chi connectivity index (χ0v) is 18.8. The number of imidazole rings is 1. The Balaban J connectivity index is 1.92. The summed E-state index contributed by atoms with van der Waals surface area (Å²) in [4.78, 5) is 19.7. The lowest BCUT2D eigenvalue weighted by molar-refractivity contribution is -0.120. The zero-order chi connectivity index (χ0) is 21.2. The lowest BCUT2D eigenvalue weighted by Crippen LogP contribution is -2.39. The number of amides is 1. The first kappa shape index (κ1) is 21.1. The molecule has 0 saturated carbocycles. The first-order valence-electron chi connectivity index (χ1n) is 9.91. The van der Waals surface area contributed by atoms with Gasteiger partial charge < -0.3 is 15.5 Å². The van der Waals surface area contributed by atoms with Crippen LogP contribution in [0.3, 0.4) is 0 Å². The molecule has 0 spiro atoms. The van der Waals surface area contributed by atoms with Gasteiger partial charge in [0.25, 0.3) is 0 Å². The van der Waals surface area contributed by atoms with E-state index in [9.17, 15) is 4.79 Å². The SMILES string of the molecule is CCC(C)NC(=O)CN(C)c1nn2c(NC(C)(C)C)c(-c3ccccc3)nc2s1. The summed E-state index contributed by atoms with van der Waals surface area (Å²) >= 11 is 1.47. The van der Waals surface area contributed by atoms with Crippen LogP contribution in [-0.2, 0) is 4.79 Å². The second-order valence-electron chi connectivity index (χ2n) is 8.36. The van der Waals surface area contributed by atoms with Gasteiger partial charge in [-0.3, -0.25) is 4.79 Å². The number of fused-ring (bicyclic) bond motifs is 1. The molecule has 29 heavy (non-hydrogen) atoms. The first-order valence-corrected chi connectivity index (χ1v) is 10.7. The minimum atomic E-state index is -0.147. The maximum absolute atomic E-state index is 12.2. The Hall–Kier alpha value is -2.61. The largest absolute Gasteiger partial charge is 0.364 e. The fourth-order valence-electron chi connectivity index (χ4n) is 2.86. The van der Waals surface area contributed by atoms with Gasteiger partial charge in [-0.05, 0) is 34.1 Å². The Morgan fingerprint density at radius 2 is 1.97 bits per heavy atom. The molecular formula is C21H30N6OS. The van der Waals surface area contributed by atoms with Gasteiger partial charge in [0.1, 0.15) is 5.69 Å². The molecular weight excluding hydrogens is 384 g/mol. The van der Waals surface area contributed by atoms with Crippen molar-refractivity contribution in [2.75, 3.05) is 23.8 Å². The van der Waals surface area contributed by atoms with Crippen molar-refractivity contribution in [1.29, 1.82) is 0 Å². The van der Waals surface area contributed by atoms with Crippen LogP contribution < -0.4 is 15.5 Å². The van der Waals surface area contributed by atoms with Crippen molar-refractivity contribution in [2.45, 2.75) is 52.6 Å². The normalized spacial score (nSPS) is 12.8. The quantitative estimate of drug-likeness (QED) is 0.611. The average molecular weight is 415 g/mol. The third-order valence-corrected chi connectivity index (χ3v) is 5.48. The van der Waals surface area contributed by atoms with E-state index in [1.54, 1.807) is 0 Å². The Morgan fingerprint density at radius 1 is 1.28 bits per heavy atom.